The van der Waals surface area contributed by atoms with Gasteiger partial charge in [0.05, 0.1) is 11.4 Å². The maximum absolute atomic E-state index is 5.20. The van der Waals surface area contributed by atoms with E-state index in [0.29, 0.717) is 23.5 Å². The van der Waals surface area contributed by atoms with E-state index in [4.69, 9.17) is 29.9 Å². The van der Waals surface area contributed by atoms with Crippen LogP contribution in [0.5, 0.6) is 0 Å². The van der Waals surface area contributed by atoms with Crippen LogP contribution in [-0.4, -0.2) is 29.9 Å². The van der Waals surface area contributed by atoms with Crippen molar-refractivity contribution >= 4 is 0 Å². The maximum atomic E-state index is 5.20. The second-order valence-electron chi connectivity index (χ2n) is 10.6. The van der Waals surface area contributed by atoms with Crippen LogP contribution in [-0.2, 0) is 12.8 Å². The molecule has 3 rings (SSSR count). The Morgan fingerprint density at radius 3 is 1.38 bits per heavy atom. The predicted octanol–water partition coefficient (Wildman–Crippen LogP) is 8.27. The Morgan fingerprint density at radius 2 is 1.00 bits per heavy atom. The van der Waals surface area contributed by atoms with Crippen LogP contribution in [0.25, 0.3) is 23.0 Å². The Morgan fingerprint density at radius 1 is 0.568 bits per heavy atom. The highest BCUT2D eigenvalue weighted by Crippen LogP contribution is 2.27. The molecule has 0 fully saturated rings. The summed E-state index contributed by atoms with van der Waals surface area (Å²) in [5, 5.41) is 0. The number of aromatic nitrogens is 6. The van der Waals surface area contributed by atoms with E-state index in [0.717, 1.165) is 60.4 Å². The average molecular weight is 503 g/mol. The van der Waals surface area contributed by atoms with Gasteiger partial charge in [-0.25, -0.2) is 29.9 Å². The highest BCUT2D eigenvalue weighted by atomic mass is 15.0. The molecule has 0 aliphatic carbocycles. The minimum atomic E-state index is 0.390. The molecule has 0 radical (unpaired) electrons. The Kier molecular flexibility index (Phi) is 11.6. The normalized spacial score (nSPS) is 12.3. The van der Waals surface area contributed by atoms with Crippen molar-refractivity contribution < 1.29 is 0 Å². The zero-order valence-electron chi connectivity index (χ0n) is 23.9. The number of unbranched alkanes of at least 4 members (excludes halogenated alkanes) is 6. The van der Waals surface area contributed by atoms with E-state index in [1.807, 2.05) is 24.8 Å². The lowest BCUT2D eigenvalue weighted by Crippen LogP contribution is -2.09. The third kappa shape index (κ3) is 8.11. The van der Waals surface area contributed by atoms with Gasteiger partial charge in [0.2, 0.25) is 0 Å². The van der Waals surface area contributed by atoms with Gasteiger partial charge in [0.25, 0.3) is 0 Å². The molecule has 0 aliphatic rings. The second kappa shape index (κ2) is 14.8. The molecule has 3 heterocycles. The summed E-state index contributed by atoms with van der Waals surface area (Å²) in [5.41, 5.74) is 5.84. The van der Waals surface area contributed by atoms with Crippen LogP contribution < -0.4 is 0 Å². The number of nitrogens with zero attached hydrogens (tertiary/aromatic N) is 6. The van der Waals surface area contributed by atoms with E-state index < -0.39 is 0 Å². The topological polar surface area (TPSA) is 77.3 Å². The van der Waals surface area contributed by atoms with Crippen LogP contribution in [0.4, 0.5) is 0 Å². The smallest absolute Gasteiger partial charge is 0.180 e. The molecule has 0 spiro atoms. The van der Waals surface area contributed by atoms with Crippen LogP contribution in [0, 0.1) is 0 Å². The van der Waals surface area contributed by atoms with Gasteiger partial charge in [-0.2, -0.15) is 0 Å². The molecule has 6 heteroatoms. The third-order valence-corrected chi connectivity index (χ3v) is 7.19. The molecule has 0 aliphatic heterocycles. The fourth-order valence-corrected chi connectivity index (χ4v) is 4.36. The van der Waals surface area contributed by atoms with Gasteiger partial charge in [-0.05, 0) is 55.1 Å². The van der Waals surface area contributed by atoms with E-state index in [1.54, 1.807) is 0 Å². The molecule has 3 aromatic rings. The zero-order chi connectivity index (χ0) is 26.6. The van der Waals surface area contributed by atoms with Crippen molar-refractivity contribution in [1.29, 1.82) is 0 Å². The lowest BCUT2D eigenvalue weighted by Gasteiger charge is -2.15. The first kappa shape index (κ1) is 28.8. The summed E-state index contributed by atoms with van der Waals surface area (Å²) in [6.45, 7) is 13.2. The molecule has 0 saturated heterocycles. The van der Waals surface area contributed by atoms with Gasteiger partial charge in [0.1, 0.15) is 11.4 Å². The summed E-state index contributed by atoms with van der Waals surface area (Å²) >= 11 is 0. The van der Waals surface area contributed by atoms with Crippen molar-refractivity contribution in [2.24, 2.45) is 0 Å². The first-order chi connectivity index (χ1) is 18.0. The monoisotopic (exact) mass is 502 g/mol. The van der Waals surface area contributed by atoms with Gasteiger partial charge >= 0.3 is 0 Å². The molecular formula is C31H46N6. The van der Waals surface area contributed by atoms with Gasteiger partial charge in [-0.1, -0.05) is 80.1 Å². The molecule has 1 atom stereocenters. The number of hydrogen-bond donors (Lipinski definition) is 0. The predicted molar refractivity (Wildman–Crippen MR) is 153 cm³/mol. The maximum Gasteiger partial charge on any atom is 0.180 e. The van der Waals surface area contributed by atoms with Crippen LogP contribution in [0.15, 0.2) is 24.8 Å². The fourth-order valence-electron chi connectivity index (χ4n) is 4.36. The quantitative estimate of drug-likeness (QED) is 0.195. The van der Waals surface area contributed by atoms with Gasteiger partial charge in [-0.15, -0.1) is 0 Å². The van der Waals surface area contributed by atoms with E-state index in [1.165, 1.54) is 44.1 Å². The van der Waals surface area contributed by atoms with Crippen LogP contribution in [0.2, 0.25) is 0 Å². The van der Waals surface area contributed by atoms with Gasteiger partial charge in [0.15, 0.2) is 11.6 Å². The standard InChI is InChI=1S/C31H46N6/c1-7-10-12-14-16-26-28(30-32-18-24(19-33-30)22(4)5)36-27(17-15-13-11-8-2)29(37-26)31-34-20-25(21-35-31)23(6)9-3/h18-23H,7-17H2,1-6H3. The fraction of sp³-hybridized carbons (Fsp3) is 0.613. The highest BCUT2D eigenvalue weighted by Gasteiger charge is 2.20. The second-order valence-corrected chi connectivity index (χ2v) is 10.6. The van der Waals surface area contributed by atoms with Gasteiger partial charge in [0, 0.05) is 24.8 Å². The molecule has 37 heavy (non-hydrogen) atoms. The van der Waals surface area contributed by atoms with E-state index >= 15 is 0 Å². The highest BCUT2D eigenvalue weighted by molar-refractivity contribution is 5.60. The minimum absolute atomic E-state index is 0.390. The third-order valence-electron chi connectivity index (χ3n) is 7.19. The first-order valence-corrected chi connectivity index (χ1v) is 14.5. The lowest BCUT2D eigenvalue weighted by atomic mass is 10.0. The SMILES string of the molecule is CCCCCCc1nc(-c2ncc(C(C)CC)cn2)c(CCCCCC)nc1-c1ncc(C(C)C)cn1. The minimum Gasteiger partial charge on any atom is -0.245 e. The number of hydrogen-bond acceptors (Lipinski definition) is 6. The molecule has 6 nitrogen and oxygen atoms in total. The molecule has 200 valence electrons. The summed E-state index contributed by atoms with van der Waals surface area (Å²) in [6.07, 6.45) is 19.9. The summed E-state index contributed by atoms with van der Waals surface area (Å²) in [4.78, 5) is 29.4. The van der Waals surface area contributed by atoms with Crippen molar-refractivity contribution in [3.8, 4) is 23.0 Å². The molecule has 0 N–H and O–H groups in total. The summed E-state index contributed by atoms with van der Waals surface area (Å²) in [7, 11) is 0. The van der Waals surface area contributed by atoms with Gasteiger partial charge < -0.3 is 0 Å². The van der Waals surface area contributed by atoms with Crippen molar-refractivity contribution in [3.05, 3.63) is 47.3 Å². The summed E-state index contributed by atoms with van der Waals surface area (Å²) in [6, 6.07) is 0. The van der Waals surface area contributed by atoms with Crippen LogP contribution >= 0.6 is 0 Å². The van der Waals surface area contributed by atoms with Crippen molar-refractivity contribution in [1.82, 2.24) is 29.9 Å². The van der Waals surface area contributed by atoms with Crippen molar-refractivity contribution in [2.45, 2.75) is 124 Å². The van der Waals surface area contributed by atoms with Crippen LogP contribution in [0.1, 0.15) is 134 Å². The van der Waals surface area contributed by atoms with Crippen LogP contribution in [0.3, 0.4) is 0 Å². The largest absolute Gasteiger partial charge is 0.245 e. The summed E-state index contributed by atoms with van der Waals surface area (Å²) in [5.74, 6) is 2.16. The summed E-state index contributed by atoms with van der Waals surface area (Å²) < 4.78 is 0. The molecule has 1 unspecified atom stereocenters. The lowest BCUT2D eigenvalue weighted by molar-refractivity contribution is 0.651. The van der Waals surface area contributed by atoms with E-state index in [-0.39, 0.29) is 0 Å². The van der Waals surface area contributed by atoms with Gasteiger partial charge in [-0.3, -0.25) is 0 Å². The molecule has 0 bridgehead atoms. The number of aryl methyl sites for hydroxylation is 2. The first-order valence-electron chi connectivity index (χ1n) is 14.5. The zero-order valence-corrected chi connectivity index (χ0v) is 23.9. The molecule has 0 saturated carbocycles. The molecule has 0 amide bonds. The average Bonchev–Trinajstić information content (AvgIpc) is 2.93. The molecule has 0 aromatic carbocycles. The Bertz CT molecular complexity index is 1080. The Balaban J connectivity index is 2.06. The van der Waals surface area contributed by atoms with E-state index in [2.05, 4.69) is 41.5 Å². The molecular weight excluding hydrogens is 456 g/mol. The molecule has 3 aromatic heterocycles. The Hall–Kier alpha value is -2.76. The van der Waals surface area contributed by atoms with Crippen molar-refractivity contribution in [3.63, 3.8) is 0 Å². The Labute approximate surface area is 224 Å². The van der Waals surface area contributed by atoms with Crippen molar-refractivity contribution in [2.75, 3.05) is 0 Å². The van der Waals surface area contributed by atoms with E-state index in [9.17, 15) is 0 Å². The number of rotatable bonds is 15.